The number of aromatic nitrogens is 2. The molecule has 0 aliphatic heterocycles. The SMILES string of the molecule is Cc1ccc(C(=O)NCCCc2cn[nH]c2C)cc1N. The van der Waals surface area contributed by atoms with Gasteiger partial charge in [-0.25, -0.2) is 0 Å². The van der Waals surface area contributed by atoms with Crippen molar-refractivity contribution in [2.45, 2.75) is 26.7 Å². The lowest BCUT2D eigenvalue weighted by Crippen LogP contribution is -2.24. The number of nitrogens with zero attached hydrogens (tertiary/aromatic N) is 1. The molecule has 0 saturated heterocycles. The molecule has 2 aromatic rings. The van der Waals surface area contributed by atoms with Gasteiger partial charge in [-0.1, -0.05) is 6.07 Å². The van der Waals surface area contributed by atoms with E-state index in [0.717, 1.165) is 24.1 Å². The van der Waals surface area contributed by atoms with Gasteiger partial charge < -0.3 is 11.1 Å². The molecule has 5 heteroatoms. The van der Waals surface area contributed by atoms with Gasteiger partial charge in [-0.2, -0.15) is 5.10 Å². The van der Waals surface area contributed by atoms with Crippen LogP contribution < -0.4 is 11.1 Å². The standard InChI is InChI=1S/C15H20N4O/c1-10-5-6-12(8-14(10)16)15(20)17-7-3-4-13-9-18-19-11(13)2/h5-6,8-9H,3-4,7,16H2,1-2H3,(H,17,20)(H,18,19). The normalized spacial score (nSPS) is 10.5. The number of nitrogen functional groups attached to an aromatic ring is 1. The minimum Gasteiger partial charge on any atom is -0.398 e. The van der Waals surface area contributed by atoms with Crippen LogP contribution in [0.25, 0.3) is 0 Å². The van der Waals surface area contributed by atoms with E-state index < -0.39 is 0 Å². The van der Waals surface area contributed by atoms with Gasteiger partial charge in [-0.15, -0.1) is 0 Å². The Kier molecular flexibility index (Phi) is 4.40. The van der Waals surface area contributed by atoms with E-state index >= 15 is 0 Å². The Morgan fingerprint density at radius 3 is 2.85 bits per heavy atom. The number of amides is 1. The average Bonchev–Trinajstić information content (AvgIpc) is 2.83. The zero-order chi connectivity index (χ0) is 14.5. The average molecular weight is 272 g/mol. The molecule has 4 N–H and O–H groups in total. The van der Waals surface area contributed by atoms with Crippen LogP contribution in [0, 0.1) is 13.8 Å². The van der Waals surface area contributed by atoms with Crippen LogP contribution in [0.4, 0.5) is 5.69 Å². The zero-order valence-electron chi connectivity index (χ0n) is 11.9. The van der Waals surface area contributed by atoms with Crippen LogP contribution in [0.1, 0.15) is 33.6 Å². The topological polar surface area (TPSA) is 83.8 Å². The number of benzene rings is 1. The summed E-state index contributed by atoms with van der Waals surface area (Å²) in [5.41, 5.74) is 10.3. The van der Waals surface area contributed by atoms with Crippen molar-refractivity contribution in [3.05, 3.63) is 46.8 Å². The van der Waals surface area contributed by atoms with Gasteiger partial charge >= 0.3 is 0 Å². The summed E-state index contributed by atoms with van der Waals surface area (Å²) < 4.78 is 0. The van der Waals surface area contributed by atoms with Crippen molar-refractivity contribution in [2.75, 3.05) is 12.3 Å². The van der Waals surface area contributed by atoms with Gasteiger partial charge in [0.2, 0.25) is 0 Å². The van der Waals surface area contributed by atoms with Crippen molar-refractivity contribution in [3.63, 3.8) is 0 Å². The van der Waals surface area contributed by atoms with E-state index in [1.807, 2.05) is 26.1 Å². The van der Waals surface area contributed by atoms with Gasteiger partial charge in [0, 0.05) is 23.5 Å². The highest BCUT2D eigenvalue weighted by Crippen LogP contribution is 2.12. The first-order valence-electron chi connectivity index (χ1n) is 6.71. The Morgan fingerprint density at radius 2 is 2.20 bits per heavy atom. The van der Waals surface area contributed by atoms with Crippen molar-refractivity contribution in [2.24, 2.45) is 0 Å². The number of rotatable bonds is 5. The lowest BCUT2D eigenvalue weighted by atomic mass is 10.1. The fraction of sp³-hybridized carbons (Fsp3) is 0.333. The van der Waals surface area contributed by atoms with E-state index in [1.54, 1.807) is 12.1 Å². The third-order valence-electron chi connectivity index (χ3n) is 3.38. The Balaban J connectivity index is 1.80. The van der Waals surface area contributed by atoms with E-state index in [9.17, 15) is 4.79 Å². The third-order valence-corrected chi connectivity index (χ3v) is 3.38. The maximum Gasteiger partial charge on any atom is 0.251 e. The number of aryl methyl sites for hydroxylation is 3. The van der Waals surface area contributed by atoms with Gasteiger partial charge in [0.25, 0.3) is 5.91 Å². The van der Waals surface area contributed by atoms with Crippen molar-refractivity contribution in [3.8, 4) is 0 Å². The molecule has 0 unspecified atom stereocenters. The van der Waals surface area contributed by atoms with E-state index in [0.29, 0.717) is 17.8 Å². The monoisotopic (exact) mass is 272 g/mol. The maximum atomic E-state index is 12.0. The van der Waals surface area contributed by atoms with E-state index in [1.165, 1.54) is 5.56 Å². The number of hydrogen-bond acceptors (Lipinski definition) is 3. The second-order valence-corrected chi connectivity index (χ2v) is 4.95. The summed E-state index contributed by atoms with van der Waals surface area (Å²) in [4.78, 5) is 12.0. The van der Waals surface area contributed by atoms with Crippen LogP contribution in [0.15, 0.2) is 24.4 Å². The van der Waals surface area contributed by atoms with Crippen LogP contribution in [0.2, 0.25) is 0 Å². The van der Waals surface area contributed by atoms with Crippen LogP contribution >= 0.6 is 0 Å². The number of H-pyrrole nitrogens is 1. The number of nitrogens with one attached hydrogen (secondary N) is 2. The smallest absolute Gasteiger partial charge is 0.251 e. The fourth-order valence-electron chi connectivity index (χ4n) is 1.99. The highest BCUT2D eigenvalue weighted by molar-refractivity contribution is 5.95. The number of carbonyl (C=O) groups excluding carboxylic acids is 1. The molecule has 0 aliphatic rings. The summed E-state index contributed by atoms with van der Waals surface area (Å²) in [6, 6.07) is 5.37. The number of nitrogens with two attached hydrogens (primary N) is 1. The minimum absolute atomic E-state index is 0.0828. The van der Waals surface area contributed by atoms with Crippen LogP contribution in [0.5, 0.6) is 0 Å². The first kappa shape index (κ1) is 14.1. The molecule has 1 aromatic carbocycles. The Morgan fingerprint density at radius 1 is 1.40 bits per heavy atom. The quantitative estimate of drug-likeness (QED) is 0.574. The molecule has 1 amide bonds. The fourth-order valence-corrected chi connectivity index (χ4v) is 1.99. The molecule has 0 saturated carbocycles. The Bertz CT molecular complexity index is 604. The molecular formula is C15H20N4O. The van der Waals surface area contributed by atoms with Crippen molar-refractivity contribution in [1.82, 2.24) is 15.5 Å². The van der Waals surface area contributed by atoms with Crippen molar-refractivity contribution < 1.29 is 4.79 Å². The third kappa shape index (κ3) is 3.38. The zero-order valence-corrected chi connectivity index (χ0v) is 11.9. The van der Waals surface area contributed by atoms with E-state index in [4.69, 9.17) is 5.73 Å². The van der Waals surface area contributed by atoms with Gasteiger partial charge in [-0.05, 0) is 49.9 Å². The highest BCUT2D eigenvalue weighted by Gasteiger charge is 2.06. The highest BCUT2D eigenvalue weighted by atomic mass is 16.1. The largest absolute Gasteiger partial charge is 0.398 e. The molecule has 0 bridgehead atoms. The summed E-state index contributed by atoms with van der Waals surface area (Å²) in [5.74, 6) is -0.0828. The number of anilines is 1. The van der Waals surface area contributed by atoms with Crippen LogP contribution in [0.3, 0.4) is 0 Å². The molecule has 0 atom stereocenters. The van der Waals surface area contributed by atoms with Crippen molar-refractivity contribution >= 4 is 11.6 Å². The van der Waals surface area contributed by atoms with Crippen LogP contribution in [-0.2, 0) is 6.42 Å². The molecule has 1 heterocycles. The minimum atomic E-state index is -0.0828. The van der Waals surface area contributed by atoms with E-state index in [-0.39, 0.29) is 5.91 Å². The lowest BCUT2D eigenvalue weighted by Gasteiger charge is -2.07. The molecule has 5 nitrogen and oxygen atoms in total. The Hall–Kier alpha value is -2.30. The maximum absolute atomic E-state index is 12.0. The predicted molar refractivity (Wildman–Crippen MR) is 79.6 cm³/mol. The van der Waals surface area contributed by atoms with E-state index in [2.05, 4.69) is 15.5 Å². The number of aromatic amines is 1. The molecule has 0 radical (unpaired) electrons. The second kappa shape index (κ2) is 6.23. The molecule has 0 fully saturated rings. The summed E-state index contributed by atoms with van der Waals surface area (Å²) in [7, 11) is 0. The predicted octanol–water partition coefficient (Wildman–Crippen LogP) is 1.97. The summed E-state index contributed by atoms with van der Waals surface area (Å²) in [5, 5.41) is 9.78. The number of hydrogen-bond donors (Lipinski definition) is 3. The van der Waals surface area contributed by atoms with Gasteiger partial charge in [0.05, 0.1) is 6.20 Å². The van der Waals surface area contributed by atoms with Gasteiger partial charge in [0.15, 0.2) is 0 Å². The molecule has 2 rings (SSSR count). The second-order valence-electron chi connectivity index (χ2n) is 4.95. The summed E-state index contributed by atoms with van der Waals surface area (Å²) in [6.07, 6.45) is 3.62. The number of carbonyl (C=O) groups is 1. The molecule has 106 valence electrons. The molecule has 0 aliphatic carbocycles. The summed E-state index contributed by atoms with van der Waals surface area (Å²) in [6.45, 7) is 4.55. The molecule has 20 heavy (non-hydrogen) atoms. The molecule has 0 spiro atoms. The summed E-state index contributed by atoms with van der Waals surface area (Å²) >= 11 is 0. The van der Waals surface area contributed by atoms with Gasteiger partial charge in [-0.3, -0.25) is 9.89 Å². The van der Waals surface area contributed by atoms with Crippen molar-refractivity contribution in [1.29, 1.82) is 0 Å². The molecule has 1 aromatic heterocycles. The first-order valence-corrected chi connectivity index (χ1v) is 6.71. The van der Waals surface area contributed by atoms with Gasteiger partial charge in [0.1, 0.15) is 0 Å². The van der Waals surface area contributed by atoms with Crippen LogP contribution in [-0.4, -0.2) is 22.6 Å². The lowest BCUT2D eigenvalue weighted by molar-refractivity contribution is 0.0953. The Labute approximate surface area is 118 Å². The first-order chi connectivity index (χ1) is 9.58. The molecular weight excluding hydrogens is 252 g/mol.